The average molecular weight is 342 g/mol. The summed E-state index contributed by atoms with van der Waals surface area (Å²) in [6.07, 6.45) is 3.80. The van der Waals surface area contributed by atoms with E-state index in [4.69, 9.17) is 4.74 Å². The molecule has 1 amide bonds. The van der Waals surface area contributed by atoms with Crippen molar-refractivity contribution in [3.05, 3.63) is 48.3 Å². The highest BCUT2D eigenvalue weighted by Gasteiger charge is 2.26. The zero-order valence-electron chi connectivity index (χ0n) is 15.1. The van der Waals surface area contributed by atoms with Crippen LogP contribution in [-0.2, 0) is 16.1 Å². The fraction of sp³-hybridized carbons (Fsp3) is 0.474. The number of morpholine rings is 1. The van der Waals surface area contributed by atoms with E-state index in [0.29, 0.717) is 13.1 Å². The molecule has 134 valence electrons. The molecule has 1 N–H and O–H groups in total. The summed E-state index contributed by atoms with van der Waals surface area (Å²) >= 11 is 0. The van der Waals surface area contributed by atoms with Gasteiger partial charge < -0.3 is 15.0 Å². The molecule has 0 aliphatic carbocycles. The maximum atomic E-state index is 12.5. The van der Waals surface area contributed by atoms with E-state index in [1.54, 1.807) is 10.9 Å². The molecule has 6 nitrogen and oxygen atoms in total. The second kappa shape index (κ2) is 7.70. The molecule has 1 fully saturated rings. The Morgan fingerprint density at radius 1 is 1.28 bits per heavy atom. The largest absolute Gasteiger partial charge is 0.376 e. The Morgan fingerprint density at radius 3 is 2.64 bits per heavy atom. The van der Waals surface area contributed by atoms with Crippen molar-refractivity contribution in [1.29, 1.82) is 0 Å². The fourth-order valence-electron chi connectivity index (χ4n) is 3.22. The summed E-state index contributed by atoms with van der Waals surface area (Å²) in [5.74, 6) is 0.0766. The van der Waals surface area contributed by atoms with Crippen molar-refractivity contribution >= 4 is 11.6 Å². The zero-order valence-corrected chi connectivity index (χ0v) is 15.1. The molecule has 0 unspecified atom stereocenters. The molecular weight excluding hydrogens is 316 g/mol. The van der Waals surface area contributed by atoms with E-state index >= 15 is 0 Å². The maximum Gasteiger partial charge on any atom is 0.244 e. The summed E-state index contributed by atoms with van der Waals surface area (Å²) in [7, 11) is 0. The van der Waals surface area contributed by atoms with Crippen LogP contribution in [0.2, 0.25) is 0 Å². The van der Waals surface area contributed by atoms with Crippen molar-refractivity contribution in [1.82, 2.24) is 14.7 Å². The fourth-order valence-corrected chi connectivity index (χ4v) is 3.22. The number of aromatic nitrogens is 2. The van der Waals surface area contributed by atoms with Crippen molar-refractivity contribution in [2.24, 2.45) is 0 Å². The molecule has 6 heteroatoms. The molecule has 1 saturated heterocycles. The lowest BCUT2D eigenvalue weighted by atomic mass is 10.1. The first-order chi connectivity index (χ1) is 12.0. The maximum absolute atomic E-state index is 12.5. The number of hydrogen-bond donors (Lipinski definition) is 1. The number of hydrogen-bond acceptors (Lipinski definition) is 4. The molecule has 0 bridgehead atoms. The Labute approximate surface area is 148 Å². The zero-order chi connectivity index (χ0) is 17.8. The van der Waals surface area contributed by atoms with Gasteiger partial charge in [-0.05, 0) is 26.3 Å². The molecule has 2 heterocycles. The molecule has 0 radical (unpaired) electrons. The third-order valence-corrected chi connectivity index (χ3v) is 4.39. The third kappa shape index (κ3) is 4.60. The minimum absolute atomic E-state index is 0.0766. The summed E-state index contributed by atoms with van der Waals surface area (Å²) in [6, 6.07) is 10.4. The minimum Gasteiger partial charge on any atom is -0.376 e. The smallest absolute Gasteiger partial charge is 0.244 e. The second-order valence-corrected chi connectivity index (χ2v) is 6.76. The van der Waals surface area contributed by atoms with Crippen LogP contribution in [0.1, 0.15) is 32.4 Å². The molecule has 1 aliphatic rings. The number of nitrogens with zero attached hydrogens (tertiary/aromatic N) is 3. The van der Waals surface area contributed by atoms with Crippen LogP contribution in [0.25, 0.3) is 0 Å². The Morgan fingerprint density at radius 2 is 1.96 bits per heavy atom. The highest BCUT2D eigenvalue weighted by atomic mass is 16.5. The van der Waals surface area contributed by atoms with Crippen LogP contribution in [0.3, 0.4) is 0 Å². The minimum atomic E-state index is 0.0766. The summed E-state index contributed by atoms with van der Waals surface area (Å²) in [4.78, 5) is 14.4. The van der Waals surface area contributed by atoms with E-state index in [1.165, 1.54) is 5.56 Å². The lowest BCUT2D eigenvalue weighted by molar-refractivity contribution is -0.144. The lowest BCUT2D eigenvalue weighted by Gasteiger charge is -2.35. The molecule has 25 heavy (non-hydrogen) atoms. The van der Waals surface area contributed by atoms with Gasteiger partial charge in [-0.1, -0.05) is 30.3 Å². The Hall–Kier alpha value is -2.34. The molecule has 1 aromatic heterocycles. The predicted octanol–water partition coefficient (Wildman–Crippen LogP) is 2.69. The summed E-state index contributed by atoms with van der Waals surface area (Å²) in [6.45, 7) is 7.63. The molecule has 3 rings (SSSR count). The number of amides is 1. The Bertz CT molecular complexity index is 690. The molecule has 2 aromatic rings. The quantitative estimate of drug-likeness (QED) is 0.908. The van der Waals surface area contributed by atoms with Gasteiger partial charge in [0, 0.05) is 25.3 Å². The standard InChI is InChI=1S/C19H26N4O2/c1-14-10-22(11-15(2)25-14)19(24)13-23-12-18(9-20-23)21-16(3)17-7-5-4-6-8-17/h4-9,12,14-16,21H,10-11,13H2,1-3H3/t14-,15-,16-/m1/s1. The summed E-state index contributed by atoms with van der Waals surface area (Å²) in [5.41, 5.74) is 2.12. The highest BCUT2D eigenvalue weighted by molar-refractivity contribution is 5.76. The van der Waals surface area contributed by atoms with Gasteiger partial charge in [-0.25, -0.2) is 0 Å². The van der Waals surface area contributed by atoms with Crippen LogP contribution < -0.4 is 5.32 Å². The van der Waals surface area contributed by atoms with Crippen molar-refractivity contribution in [3.8, 4) is 0 Å². The van der Waals surface area contributed by atoms with Crippen LogP contribution in [0.4, 0.5) is 5.69 Å². The van der Waals surface area contributed by atoms with Crippen molar-refractivity contribution in [2.45, 2.75) is 45.6 Å². The van der Waals surface area contributed by atoms with Gasteiger partial charge in [-0.2, -0.15) is 5.10 Å². The predicted molar refractivity (Wildman–Crippen MR) is 97.3 cm³/mol. The number of nitrogens with one attached hydrogen (secondary N) is 1. The third-order valence-electron chi connectivity index (χ3n) is 4.39. The number of ether oxygens (including phenoxy) is 1. The molecule has 1 aliphatic heterocycles. The summed E-state index contributed by atoms with van der Waals surface area (Å²) in [5, 5.41) is 7.73. The van der Waals surface area contributed by atoms with Gasteiger partial charge in [0.2, 0.25) is 5.91 Å². The second-order valence-electron chi connectivity index (χ2n) is 6.76. The Kier molecular flexibility index (Phi) is 5.38. The van der Waals surface area contributed by atoms with Crippen molar-refractivity contribution in [3.63, 3.8) is 0 Å². The number of carbonyl (C=O) groups excluding carboxylic acids is 1. The summed E-state index contributed by atoms with van der Waals surface area (Å²) < 4.78 is 7.37. The van der Waals surface area contributed by atoms with Crippen LogP contribution in [0.15, 0.2) is 42.7 Å². The average Bonchev–Trinajstić information content (AvgIpc) is 3.01. The van der Waals surface area contributed by atoms with Crippen LogP contribution in [0, 0.1) is 0 Å². The van der Waals surface area contributed by atoms with Crippen LogP contribution in [0.5, 0.6) is 0 Å². The molecule has 1 aromatic carbocycles. The van der Waals surface area contributed by atoms with Gasteiger partial charge in [0.1, 0.15) is 6.54 Å². The highest BCUT2D eigenvalue weighted by Crippen LogP contribution is 2.18. The van der Waals surface area contributed by atoms with Gasteiger partial charge >= 0.3 is 0 Å². The normalized spacial score (nSPS) is 21.8. The molecule has 0 saturated carbocycles. The molecule has 3 atom stereocenters. The van der Waals surface area contributed by atoms with E-state index < -0.39 is 0 Å². The molecule has 0 spiro atoms. The van der Waals surface area contributed by atoms with E-state index in [-0.39, 0.29) is 30.7 Å². The first kappa shape index (κ1) is 17.5. The van der Waals surface area contributed by atoms with E-state index in [0.717, 1.165) is 5.69 Å². The number of anilines is 1. The first-order valence-corrected chi connectivity index (χ1v) is 8.78. The van der Waals surface area contributed by atoms with Crippen molar-refractivity contribution < 1.29 is 9.53 Å². The topological polar surface area (TPSA) is 59.4 Å². The molecular formula is C19H26N4O2. The van der Waals surface area contributed by atoms with E-state index in [1.807, 2.05) is 43.1 Å². The van der Waals surface area contributed by atoms with Gasteiger partial charge in [-0.15, -0.1) is 0 Å². The number of carbonyl (C=O) groups is 1. The monoisotopic (exact) mass is 342 g/mol. The van der Waals surface area contributed by atoms with Gasteiger partial charge in [0.25, 0.3) is 0 Å². The number of benzene rings is 1. The Balaban J connectivity index is 1.57. The van der Waals surface area contributed by atoms with E-state index in [9.17, 15) is 4.79 Å². The van der Waals surface area contributed by atoms with E-state index in [2.05, 4.69) is 29.5 Å². The number of rotatable bonds is 5. The SMILES string of the molecule is C[C@@H]1CN(C(=O)Cn2cc(N[C@H](C)c3ccccc3)cn2)C[C@@H](C)O1. The van der Waals surface area contributed by atoms with Crippen molar-refractivity contribution in [2.75, 3.05) is 18.4 Å². The van der Waals surface area contributed by atoms with Gasteiger partial charge in [0.05, 0.1) is 24.1 Å². The van der Waals surface area contributed by atoms with Crippen LogP contribution in [-0.4, -0.2) is 45.9 Å². The van der Waals surface area contributed by atoms with Gasteiger partial charge in [-0.3, -0.25) is 9.48 Å². The van der Waals surface area contributed by atoms with Crippen LogP contribution >= 0.6 is 0 Å². The lowest BCUT2D eigenvalue weighted by Crippen LogP contribution is -2.49. The van der Waals surface area contributed by atoms with Gasteiger partial charge in [0.15, 0.2) is 0 Å². The first-order valence-electron chi connectivity index (χ1n) is 8.78.